The molecule has 0 bridgehead atoms. The summed E-state index contributed by atoms with van der Waals surface area (Å²) < 4.78 is 58.0. The minimum Gasteiger partial charge on any atom is -0.458 e. The predicted octanol–water partition coefficient (Wildman–Crippen LogP) is -0.367. The van der Waals surface area contributed by atoms with Gasteiger partial charge < -0.3 is 9.64 Å². The van der Waals surface area contributed by atoms with Crippen molar-refractivity contribution in [2.75, 3.05) is 19.7 Å². The summed E-state index contributed by atoms with van der Waals surface area (Å²) in [5.74, 6) is -2.55. The maximum Gasteiger partial charge on any atom is 0.465 e. The van der Waals surface area contributed by atoms with Crippen LogP contribution in [0.3, 0.4) is 0 Å². The average molecular weight is 287 g/mol. The lowest BCUT2D eigenvalue weighted by Crippen LogP contribution is -2.40. The van der Waals surface area contributed by atoms with Gasteiger partial charge in [-0.05, 0) is 6.42 Å². The van der Waals surface area contributed by atoms with Gasteiger partial charge in [-0.1, -0.05) is 0 Å². The summed E-state index contributed by atoms with van der Waals surface area (Å²) in [5.41, 5.74) is 0. The molecule has 0 aromatic carbocycles. The summed E-state index contributed by atoms with van der Waals surface area (Å²) in [6, 6.07) is 0. The topological polar surface area (TPSA) is 101 Å². The molecule has 1 fully saturated rings. The molecule has 1 heterocycles. The van der Waals surface area contributed by atoms with Gasteiger partial charge >= 0.3 is 21.3 Å². The third-order valence-corrected chi connectivity index (χ3v) is 3.14. The Kier molecular flexibility index (Phi) is 4.22. The Morgan fingerprint density at radius 2 is 2.11 bits per heavy atom. The first-order chi connectivity index (χ1) is 8.16. The molecule has 1 aliphatic rings. The Bertz CT molecular complexity index is 449. The number of nitrogens with zero attached hydrogens (tertiary/aromatic N) is 1. The van der Waals surface area contributed by atoms with Crippen molar-refractivity contribution in [2.24, 2.45) is 0 Å². The van der Waals surface area contributed by atoms with Crippen LogP contribution in [0.1, 0.15) is 12.8 Å². The van der Waals surface area contributed by atoms with Crippen LogP contribution >= 0.6 is 0 Å². The van der Waals surface area contributed by atoms with Crippen LogP contribution in [-0.2, 0) is 24.4 Å². The van der Waals surface area contributed by atoms with Crippen molar-refractivity contribution in [2.45, 2.75) is 18.1 Å². The van der Waals surface area contributed by atoms with Crippen LogP contribution in [-0.4, -0.2) is 54.7 Å². The molecule has 1 saturated heterocycles. The highest BCUT2D eigenvalue weighted by Gasteiger charge is 2.54. The number of rotatable bonds is 5. The van der Waals surface area contributed by atoms with E-state index in [1.165, 1.54) is 4.90 Å². The quantitative estimate of drug-likeness (QED) is 0.547. The molecule has 1 amide bonds. The van der Waals surface area contributed by atoms with Gasteiger partial charge in [0, 0.05) is 13.0 Å². The van der Waals surface area contributed by atoms with Crippen LogP contribution in [0, 0.1) is 0 Å². The van der Waals surface area contributed by atoms with Crippen molar-refractivity contribution in [3.05, 3.63) is 0 Å². The number of carbonyl (C=O) groups is 2. The lowest BCUT2D eigenvalue weighted by molar-refractivity contribution is -0.162. The van der Waals surface area contributed by atoms with Crippen LogP contribution in [0.5, 0.6) is 0 Å². The van der Waals surface area contributed by atoms with E-state index in [4.69, 9.17) is 4.55 Å². The highest BCUT2D eigenvalue weighted by molar-refractivity contribution is 7.87. The molecule has 0 saturated carbocycles. The zero-order valence-corrected chi connectivity index (χ0v) is 9.95. The maximum atomic E-state index is 12.7. The summed E-state index contributed by atoms with van der Waals surface area (Å²) in [6.45, 7) is -0.215. The third-order valence-electron chi connectivity index (χ3n) is 2.33. The standard InChI is InChI=1S/C8H11F2NO6S/c9-8(10,18(14,15)16)7(13)17-5-4-11-3-1-2-6(11)12/h1-5H2,(H,14,15,16). The summed E-state index contributed by atoms with van der Waals surface area (Å²) in [5, 5.41) is -5.00. The second-order valence-corrected chi connectivity index (χ2v) is 5.07. The molecule has 0 unspecified atom stereocenters. The Morgan fingerprint density at radius 1 is 1.50 bits per heavy atom. The minimum atomic E-state index is -5.85. The first-order valence-electron chi connectivity index (χ1n) is 4.96. The Hall–Kier alpha value is -1.29. The molecule has 0 aromatic heterocycles. The van der Waals surface area contributed by atoms with E-state index in [1.807, 2.05) is 0 Å². The fourth-order valence-corrected chi connectivity index (χ4v) is 1.65. The first kappa shape index (κ1) is 14.8. The highest BCUT2D eigenvalue weighted by Crippen LogP contribution is 2.22. The number of ether oxygens (including phenoxy) is 1. The van der Waals surface area contributed by atoms with E-state index in [9.17, 15) is 26.8 Å². The molecule has 1 N–H and O–H groups in total. The lowest BCUT2D eigenvalue weighted by atomic mass is 10.4. The number of likely N-dealkylation sites (tertiary alicyclic amines) is 1. The van der Waals surface area contributed by atoms with E-state index in [2.05, 4.69) is 4.74 Å². The Morgan fingerprint density at radius 3 is 2.56 bits per heavy atom. The molecule has 0 aliphatic carbocycles. The van der Waals surface area contributed by atoms with Gasteiger partial charge in [-0.15, -0.1) is 0 Å². The zero-order chi connectivity index (χ0) is 14.0. The summed E-state index contributed by atoms with van der Waals surface area (Å²) in [7, 11) is -5.85. The fourth-order valence-electron chi connectivity index (χ4n) is 1.38. The van der Waals surface area contributed by atoms with Crippen LogP contribution in [0.2, 0.25) is 0 Å². The minimum absolute atomic E-state index is 0.0911. The van der Waals surface area contributed by atoms with Gasteiger partial charge in [0.15, 0.2) is 0 Å². The number of halogens is 2. The monoisotopic (exact) mass is 287 g/mol. The number of hydrogen-bond donors (Lipinski definition) is 1. The molecule has 0 radical (unpaired) electrons. The van der Waals surface area contributed by atoms with E-state index >= 15 is 0 Å². The highest BCUT2D eigenvalue weighted by atomic mass is 32.2. The number of esters is 1. The second kappa shape index (κ2) is 5.14. The normalized spacial score (nSPS) is 17.1. The number of alkyl halides is 2. The molecule has 10 heteroatoms. The Labute approximate surface area is 101 Å². The van der Waals surface area contributed by atoms with E-state index in [0.29, 0.717) is 19.4 Å². The smallest absolute Gasteiger partial charge is 0.458 e. The molecule has 0 atom stereocenters. The Balaban J connectivity index is 2.45. The fraction of sp³-hybridized carbons (Fsp3) is 0.750. The van der Waals surface area contributed by atoms with E-state index < -0.39 is 27.9 Å². The van der Waals surface area contributed by atoms with Crippen LogP contribution in [0.15, 0.2) is 0 Å². The molecule has 0 spiro atoms. The van der Waals surface area contributed by atoms with Gasteiger partial charge in [0.2, 0.25) is 5.91 Å². The third kappa shape index (κ3) is 3.13. The van der Waals surface area contributed by atoms with Crippen LogP contribution < -0.4 is 0 Å². The van der Waals surface area contributed by atoms with Crippen molar-refractivity contribution in [3.63, 3.8) is 0 Å². The largest absolute Gasteiger partial charge is 0.465 e. The molecule has 1 rings (SSSR count). The SMILES string of the molecule is O=C1CCCN1CCOC(=O)C(F)(F)S(=O)(=O)O. The van der Waals surface area contributed by atoms with E-state index in [-0.39, 0.29) is 12.5 Å². The van der Waals surface area contributed by atoms with Gasteiger partial charge in [-0.2, -0.15) is 17.2 Å². The molecular weight excluding hydrogens is 276 g/mol. The maximum absolute atomic E-state index is 12.7. The van der Waals surface area contributed by atoms with E-state index in [0.717, 1.165) is 0 Å². The molecule has 0 aromatic rings. The van der Waals surface area contributed by atoms with Gasteiger partial charge in [0.25, 0.3) is 0 Å². The summed E-state index contributed by atoms with van der Waals surface area (Å²) >= 11 is 0. The van der Waals surface area contributed by atoms with Crippen LogP contribution in [0.4, 0.5) is 8.78 Å². The van der Waals surface area contributed by atoms with Gasteiger partial charge in [0.05, 0.1) is 6.54 Å². The average Bonchev–Trinajstić information content (AvgIpc) is 2.62. The summed E-state index contributed by atoms with van der Waals surface area (Å²) in [6.07, 6.45) is 0.975. The number of hydrogen-bond acceptors (Lipinski definition) is 5. The molecular formula is C8H11F2NO6S. The predicted molar refractivity (Wildman–Crippen MR) is 53.3 cm³/mol. The molecule has 1 aliphatic heterocycles. The molecule has 18 heavy (non-hydrogen) atoms. The van der Waals surface area contributed by atoms with Crippen molar-refractivity contribution in [1.82, 2.24) is 4.90 Å². The van der Waals surface area contributed by atoms with Crippen molar-refractivity contribution < 1.29 is 36.1 Å². The number of amides is 1. The number of carbonyl (C=O) groups excluding carboxylic acids is 2. The van der Waals surface area contributed by atoms with Gasteiger partial charge in [-0.25, -0.2) is 4.79 Å². The molecule has 7 nitrogen and oxygen atoms in total. The molecule has 104 valence electrons. The van der Waals surface area contributed by atoms with Gasteiger partial charge in [0.1, 0.15) is 6.61 Å². The first-order valence-corrected chi connectivity index (χ1v) is 6.40. The van der Waals surface area contributed by atoms with Crippen molar-refractivity contribution in [3.8, 4) is 0 Å². The lowest BCUT2D eigenvalue weighted by Gasteiger charge is -2.16. The zero-order valence-electron chi connectivity index (χ0n) is 9.14. The van der Waals surface area contributed by atoms with E-state index in [1.54, 1.807) is 0 Å². The van der Waals surface area contributed by atoms with Crippen molar-refractivity contribution >= 4 is 22.0 Å². The van der Waals surface area contributed by atoms with Crippen LogP contribution in [0.25, 0.3) is 0 Å². The second-order valence-electron chi connectivity index (χ2n) is 3.61. The summed E-state index contributed by atoms with van der Waals surface area (Å²) in [4.78, 5) is 23.2. The van der Waals surface area contributed by atoms with Crippen molar-refractivity contribution in [1.29, 1.82) is 0 Å². The van der Waals surface area contributed by atoms with Gasteiger partial charge in [-0.3, -0.25) is 9.35 Å².